The zero-order valence-corrected chi connectivity index (χ0v) is 15.1. The van der Waals surface area contributed by atoms with E-state index in [2.05, 4.69) is 33.6 Å². The van der Waals surface area contributed by atoms with Crippen molar-refractivity contribution >= 4 is 0 Å². The van der Waals surface area contributed by atoms with Gasteiger partial charge in [-0.05, 0) is 37.5 Å². The van der Waals surface area contributed by atoms with E-state index in [1.807, 2.05) is 0 Å². The van der Waals surface area contributed by atoms with Crippen molar-refractivity contribution in [1.29, 1.82) is 0 Å². The Morgan fingerprint density at radius 3 is 1.71 bits per heavy atom. The molecule has 1 N–H and O–H groups in total. The Kier molecular flexibility index (Phi) is 10.9. The second-order valence-electron chi connectivity index (χ2n) is 7.78. The minimum atomic E-state index is -0.912. The van der Waals surface area contributed by atoms with Gasteiger partial charge in [0.05, 0.1) is 0 Å². The highest BCUT2D eigenvalue weighted by atomic mass is 16.3. The van der Waals surface area contributed by atoms with Crippen molar-refractivity contribution in [2.75, 3.05) is 0 Å². The summed E-state index contributed by atoms with van der Waals surface area (Å²) >= 11 is 0. The first-order chi connectivity index (χ1) is 9.76. The SMILES string of the molecule is C#C[C@@](C)(O)CCC[C@@H](C)CCC[C@H](C)CCCC(C)C. The third-order valence-electron chi connectivity index (χ3n) is 4.54. The molecule has 0 aromatic rings. The van der Waals surface area contributed by atoms with Crippen LogP contribution in [-0.4, -0.2) is 10.7 Å². The summed E-state index contributed by atoms with van der Waals surface area (Å²) in [6, 6.07) is 0. The highest BCUT2D eigenvalue weighted by Crippen LogP contribution is 2.22. The minimum absolute atomic E-state index is 0.722. The lowest BCUT2D eigenvalue weighted by atomic mass is 9.90. The molecule has 0 saturated heterocycles. The van der Waals surface area contributed by atoms with Crippen molar-refractivity contribution in [3.8, 4) is 12.3 Å². The van der Waals surface area contributed by atoms with Crippen LogP contribution < -0.4 is 0 Å². The zero-order valence-electron chi connectivity index (χ0n) is 15.1. The van der Waals surface area contributed by atoms with Gasteiger partial charge in [-0.2, -0.15) is 0 Å². The van der Waals surface area contributed by atoms with Gasteiger partial charge in [0.1, 0.15) is 5.60 Å². The van der Waals surface area contributed by atoms with Gasteiger partial charge >= 0.3 is 0 Å². The summed E-state index contributed by atoms with van der Waals surface area (Å²) in [4.78, 5) is 0. The van der Waals surface area contributed by atoms with E-state index in [0.29, 0.717) is 0 Å². The van der Waals surface area contributed by atoms with E-state index >= 15 is 0 Å². The lowest BCUT2D eigenvalue weighted by molar-refractivity contribution is 0.107. The normalized spacial score (nSPS) is 17.2. The number of terminal acetylenes is 1. The lowest BCUT2D eigenvalue weighted by Crippen LogP contribution is -2.20. The summed E-state index contributed by atoms with van der Waals surface area (Å²) in [5, 5.41) is 9.77. The molecule has 0 aliphatic heterocycles. The average Bonchev–Trinajstić information content (AvgIpc) is 2.38. The second kappa shape index (κ2) is 11.1. The topological polar surface area (TPSA) is 20.2 Å². The van der Waals surface area contributed by atoms with Gasteiger partial charge in [0.2, 0.25) is 0 Å². The molecule has 0 aliphatic carbocycles. The zero-order chi connectivity index (χ0) is 16.3. The van der Waals surface area contributed by atoms with E-state index in [4.69, 9.17) is 6.42 Å². The van der Waals surface area contributed by atoms with Crippen molar-refractivity contribution in [1.82, 2.24) is 0 Å². The predicted octanol–water partition coefficient (Wildman–Crippen LogP) is 5.81. The number of aliphatic hydroxyl groups is 1. The molecule has 0 aliphatic rings. The van der Waals surface area contributed by atoms with Gasteiger partial charge in [-0.25, -0.2) is 0 Å². The third-order valence-corrected chi connectivity index (χ3v) is 4.54. The molecule has 0 saturated carbocycles. The first kappa shape index (κ1) is 20.5. The van der Waals surface area contributed by atoms with Crippen molar-refractivity contribution in [3.05, 3.63) is 0 Å². The molecular weight excluding hydrogens is 256 g/mol. The van der Waals surface area contributed by atoms with Gasteiger partial charge in [-0.15, -0.1) is 6.42 Å². The summed E-state index contributed by atoms with van der Waals surface area (Å²) in [5.74, 6) is 4.93. The highest BCUT2D eigenvalue weighted by molar-refractivity contribution is 5.03. The molecule has 3 atom stereocenters. The molecule has 21 heavy (non-hydrogen) atoms. The molecule has 0 heterocycles. The molecule has 0 amide bonds. The van der Waals surface area contributed by atoms with Crippen LogP contribution in [0.25, 0.3) is 0 Å². The summed E-state index contributed by atoms with van der Waals surface area (Å²) in [6.45, 7) is 11.1. The van der Waals surface area contributed by atoms with Crippen molar-refractivity contribution in [3.63, 3.8) is 0 Å². The molecule has 0 bridgehead atoms. The van der Waals surface area contributed by atoms with Gasteiger partial charge in [0, 0.05) is 0 Å². The molecule has 0 aromatic heterocycles. The van der Waals surface area contributed by atoms with Crippen LogP contribution in [0, 0.1) is 30.1 Å². The fraction of sp³-hybridized carbons (Fsp3) is 0.900. The van der Waals surface area contributed by atoms with Crippen LogP contribution in [0.2, 0.25) is 0 Å². The summed E-state index contributed by atoms with van der Waals surface area (Å²) < 4.78 is 0. The van der Waals surface area contributed by atoms with Crippen LogP contribution in [0.5, 0.6) is 0 Å². The molecule has 124 valence electrons. The van der Waals surface area contributed by atoms with Crippen LogP contribution in [0.3, 0.4) is 0 Å². The maximum absolute atomic E-state index is 9.77. The maximum Gasteiger partial charge on any atom is 0.122 e. The van der Waals surface area contributed by atoms with E-state index in [1.165, 1.54) is 44.9 Å². The molecule has 0 rings (SSSR count). The molecule has 0 unspecified atom stereocenters. The summed E-state index contributed by atoms with van der Waals surface area (Å²) in [6.07, 6.45) is 16.4. The van der Waals surface area contributed by atoms with Gasteiger partial charge in [0.15, 0.2) is 0 Å². The van der Waals surface area contributed by atoms with Crippen LogP contribution in [0.4, 0.5) is 0 Å². The highest BCUT2D eigenvalue weighted by Gasteiger charge is 2.16. The minimum Gasteiger partial charge on any atom is -0.378 e. The Bertz CT molecular complexity index is 285. The second-order valence-corrected chi connectivity index (χ2v) is 7.78. The van der Waals surface area contributed by atoms with E-state index in [9.17, 15) is 5.11 Å². The number of hydrogen-bond acceptors (Lipinski definition) is 1. The molecule has 0 spiro atoms. The van der Waals surface area contributed by atoms with E-state index in [0.717, 1.165) is 30.6 Å². The lowest BCUT2D eigenvalue weighted by Gasteiger charge is -2.18. The molecular formula is C20H38O. The number of rotatable bonds is 12. The molecule has 1 nitrogen and oxygen atoms in total. The van der Waals surface area contributed by atoms with E-state index in [1.54, 1.807) is 6.92 Å². The molecule has 0 aromatic carbocycles. The fourth-order valence-corrected chi connectivity index (χ4v) is 2.84. The first-order valence-corrected chi connectivity index (χ1v) is 8.97. The van der Waals surface area contributed by atoms with Crippen LogP contribution in [-0.2, 0) is 0 Å². The first-order valence-electron chi connectivity index (χ1n) is 8.97. The van der Waals surface area contributed by atoms with Crippen LogP contribution >= 0.6 is 0 Å². The van der Waals surface area contributed by atoms with Crippen molar-refractivity contribution in [2.45, 2.75) is 98.0 Å². The fourth-order valence-electron chi connectivity index (χ4n) is 2.84. The standard InChI is InChI=1S/C20H38O/c1-7-20(6,21)16-10-15-19(5)14-9-13-18(4)12-8-11-17(2)3/h1,17-19,21H,8-16H2,2-6H3/t18-,19+,20-/m1/s1. The van der Waals surface area contributed by atoms with Gasteiger partial charge in [-0.3, -0.25) is 0 Å². The average molecular weight is 295 g/mol. The Hall–Kier alpha value is -0.480. The third kappa shape index (κ3) is 12.9. The summed E-state index contributed by atoms with van der Waals surface area (Å²) in [5.41, 5.74) is -0.912. The monoisotopic (exact) mass is 294 g/mol. The van der Waals surface area contributed by atoms with Crippen LogP contribution in [0.15, 0.2) is 0 Å². The molecule has 0 fully saturated rings. The number of hydrogen-bond donors (Lipinski definition) is 1. The Labute approximate surface area is 133 Å². The Balaban J connectivity index is 3.57. The smallest absolute Gasteiger partial charge is 0.122 e. The molecule has 1 heteroatoms. The predicted molar refractivity (Wildman–Crippen MR) is 94.2 cm³/mol. The molecule has 0 radical (unpaired) electrons. The van der Waals surface area contributed by atoms with E-state index in [-0.39, 0.29) is 0 Å². The van der Waals surface area contributed by atoms with Crippen molar-refractivity contribution in [2.24, 2.45) is 17.8 Å². The quantitative estimate of drug-likeness (QED) is 0.450. The van der Waals surface area contributed by atoms with Crippen molar-refractivity contribution < 1.29 is 5.11 Å². The Morgan fingerprint density at radius 1 is 0.857 bits per heavy atom. The van der Waals surface area contributed by atoms with E-state index < -0.39 is 5.60 Å². The maximum atomic E-state index is 9.77. The largest absolute Gasteiger partial charge is 0.378 e. The summed E-state index contributed by atoms with van der Waals surface area (Å²) in [7, 11) is 0. The van der Waals surface area contributed by atoms with Crippen LogP contribution in [0.1, 0.15) is 92.4 Å². The Morgan fingerprint density at radius 2 is 1.29 bits per heavy atom. The van der Waals surface area contributed by atoms with Gasteiger partial charge in [0.25, 0.3) is 0 Å². The van der Waals surface area contributed by atoms with Gasteiger partial charge in [-0.1, -0.05) is 78.6 Å². The van der Waals surface area contributed by atoms with Gasteiger partial charge < -0.3 is 5.11 Å².